The van der Waals surface area contributed by atoms with Gasteiger partial charge in [-0.2, -0.15) is 0 Å². The summed E-state index contributed by atoms with van der Waals surface area (Å²) in [6.45, 7) is 6.52. The Kier molecular flexibility index (Phi) is 5.19. The average molecular weight is 331 g/mol. The van der Waals surface area contributed by atoms with Crippen LogP contribution in [0.1, 0.15) is 18.9 Å². The van der Waals surface area contributed by atoms with Crippen molar-refractivity contribution >= 4 is 21.6 Å². The van der Waals surface area contributed by atoms with E-state index in [1.54, 1.807) is 12.1 Å². The molecule has 1 saturated heterocycles. The van der Waals surface area contributed by atoms with E-state index in [-0.39, 0.29) is 11.9 Å². The van der Waals surface area contributed by atoms with Crippen molar-refractivity contribution in [1.82, 2.24) is 5.32 Å². The van der Waals surface area contributed by atoms with E-state index in [2.05, 4.69) is 33.5 Å². The third-order valence-electron chi connectivity index (χ3n) is 3.31. The molecular formula is C14H20BrFN2O. The van der Waals surface area contributed by atoms with E-state index in [1.807, 2.05) is 6.92 Å². The van der Waals surface area contributed by atoms with Crippen LogP contribution < -0.4 is 10.6 Å². The molecule has 0 bridgehead atoms. The van der Waals surface area contributed by atoms with Gasteiger partial charge >= 0.3 is 0 Å². The molecule has 0 amide bonds. The number of hydrogen-bond donors (Lipinski definition) is 2. The number of aryl methyl sites for hydroxylation is 1. The Labute approximate surface area is 122 Å². The van der Waals surface area contributed by atoms with Gasteiger partial charge in [0, 0.05) is 24.3 Å². The lowest BCUT2D eigenvalue weighted by molar-refractivity contribution is 0.0731. The zero-order valence-electron chi connectivity index (χ0n) is 11.3. The quantitative estimate of drug-likeness (QED) is 0.890. The summed E-state index contributed by atoms with van der Waals surface area (Å²) in [5.74, 6) is -0.237. The molecular weight excluding hydrogens is 311 g/mol. The Morgan fingerprint density at radius 1 is 1.58 bits per heavy atom. The molecule has 19 heavy (non-hydrogen) atoms. The SMILES string of the molecule is Cc1cc(Br)c(F)cc1NC(C)CC1COCCN1. The highest BCUT2D eigenvalue weighted by atomic mass is 79.9. The number of ether oxygens (including phenoxy) is 1. The molecule has 0 saturated carbocycles. The summed E-state index contributed by atoms with van der Waals surface area (Å²) in [6, 6.07) is 3.97. The van der Waals surface area contributed by atoms with E-state index in [0.717, 1.165) is 37.4 Å². The molecule has 2 rings (SSSR count). The topological polar surface area (TPSA) is 33.3 Å². The van der Waals surface area contributed by atoms with Crippen molar-refractivity contribution in [2.75, 3.05) is 25.1 Å². The Bertz CT molecular complexity index is 436. The van der Waals surface area contributed by atoms with Gasteiger partial charge in [0.2, 0.25) is 0 Å². The maximum Gasteiger partial charge on any atom is 0.139 e. The standard InChI is InChI=1S/C14H20BrFN2O/c1-9-5-12(15)13(16)7-14(9)18-10(2)6-11-8-19-4-3-17-11/h5,7,10-11,17-18H,3-4,6,8H2,1-2H3. The van der Waals surface area contributed by atoms with E-state index in [4.69, 9.17) is 4.74 Å². The summed E-state index contributed by atoms with van der Waals surface area (Å²) in [7, 11) is 0. The minimum Gasteiger partial charge on any atom is -0.382 e. The Morgan fingerprint density at radius 3 is 3.05 bits per heavy atom. The first-order valence-corrected chi connectivity index (χ1v) is 7.39. The van der Waals surface area contributed by atoms with Crippen LogP contribution in [0.25, 0.3) is 0 Å². The minimum absolute atomic E-state index is 0.237. The van der Waals surface area contributed by atoms with Gasteiger partial charge in [-0.3, -0.25) is 0 Å². The van der Waals surface area contributed by atoms with E-state index in [0.29, 0.717) is 10.5 Å². The highest BCUT2D eigenvalue weighted by Crippen LogP contribution is 2.25. The second-order valence-corrected chi connectivity index (χ2v) is 5.94. The van der Waals surface area contributed by atoms with Crippen LogP contribution in [0.4, 0.5) is 10.1 Å². The maximum absolute atomic E-state index is 13.5. The minimum atomic E-state index is -0.237. The summed E-state index contributed by atoms with van der Waals surface area (Å²) in [4.78, 5) is 0. The van der Waals surface area contributed by atoms with E-state index in [1.165, 1.54) is 0 Å². The second kappa shape index (κ2) is 6.68. The Balaban J connectivity index is 1.94. The molecule has 3 nitrogen and oxygen atoms in total. The number of nitrogens with one attached hydrogen (secondary N) is 2. The second-order valence-electron chi connectivity index (χ2n) is 5.09. The van der Waals surface area contributed by atoms with Gasteiger partial charge in [0.1, 0.15) is 5.82 Å². The van der Waals surface area contributed by atoms with Crippen LogP contribution >= 0.6 is 15.9 Å². The first kappa shape index (κ1) is 14.8. The lowest BCUT2D eigenvalue weighted by atomic mass is 10.1. The van der Waals surface area contributed by atoms with E-state index in [9.17, 15) is 4.39 Å². The van der Waals surface area contributed by atoms with Crippen LogP contribution in [0.5, 0.6) is 0 Å². The molecule has 1 fully saturated rings. The fourth-order valence-corrected chi connectivity index (χ4v) is 2.78. The molecule has 1 heterocycles. The lowest BCUT2D eigenvalue weighted by Gasteiger charge is -2.27. The van der Waals surface area contributed by atoms with Crippen LogP contribution in [0.2, 0.25) is 0 Å². The number of halogens is 2. The van der Waals surface area contributed by atoms with Crippen LogP contribution in [0.15, 0.2) is 16.6 Å². The van der Waals surface area contributed by atoms with Gasteiger partial charge in [0.15, 0.2) is 0 Å². The van der Waals surface area contributed by atoms with Crippen molar-refractivity contribution in [2.24, 2.45) is 0 Å². The van der Waals surface area contributed by atoms with Crippen LogP contribution in [0.3, 0.4) is 0 Å². The van der Waals surface area contributed by atoms with Crippen molar-refractivity contribution in [3.63, 3.8) is 0 Å². The van der Waals surface area contributed by atoms with E-state index >= 15 is 0 Å². The zero-order chi connectivity index (χ0) is 13.8. The van der Waals surface area contributed by atoms with Gasteiger partial charge in [-0.25, -0.2) is 4.39 Å². The predicted molar refractivity (Wildman–Crippen MR) is 79.1 cm³/mol. The smallest absolute Gasteiger partial charge is 0.139 e. The van der Waals surface area contributed by atoms with Crippen molar-refractivity contribution in [1.29, 1.82) is 0 Å². The van der Waals surface area contributed by atoms with Gasteiger partial charge in [-0.15, -0.1) is 0 Å². The van der Waals surface area contributed by atoms with Gasteiger partial charge in [-0.1, -0.05) is 0 Å². The molecule has 2 atom stereocenters. The number of rotatable bonds is 4. The van der Waals surface area contributed by atoms with Crippen molar-refractivity contribution < 1.29 is 9.13 Å². The molecule has 0 aliphatic carbocycles. The summed E-state index contributed by atoms with van der Waals surface area (Å²) in [5, 5.41) is 6.79. The zero-order valence-corrected chi connectivity index (χ0v) is 12.9. The average Bonchev–Trinajstić information content (AvgIpc) is 2.37. The van der Waals surface area contributed by atoms with Gasteiger partial charge in [-0.05, 0) is 53.9 Å². The monoisotopic (exact) mass is 330 g/mol. The first-order chi connectivity index (χ1) is 9.06. The summed E-state index contributed by atoms with van der Waals surface area (Å²) < 4.78 is 19.5. The largest absolute Gasteiger partial charge is 0.382 e. The molecule has 1 aromatic carbocycles. The summed E-state index contributed by atoms with van der Waals surface area (Å²) in [5.41, 5.74) is 1.89. The number of hydrogen-bond acceptors (Lipinski definition) is 3. The van der Waals surface area contributed by atoms with Gasteiger partial charge in [0.05, 0.1) is 17.7 Å². The summed E-state index contributed by atoms with van der Waals surface area (Å²) >= 11 is 3.20. The maximum atomic E-state index is 13.5. The first-order valence-electron chi connectivity index (χ1n) is 6.59. The van der Waals surface area contributed by atoms with E-state index < -0.39 is 0 Å². The highest BCUT2D eigenvalue weighted by Gasteiger charge is 2.17. The van der Waals surface area contributed by atoms with Crippen LogP contribution in [0, 0.1) is 12.7 Å². The van der Waals surface area contributed by atoms with Crippen molar-refractivity contribution in [2.45, 2.75) is 32.4 Å². The third kappa shape index (κ3) is 4.16. The molecule has 2 N–H and O–H groups in total. The van der Waals surface area contributed by atoms with Crippen LogP contribution in [-0.2, 0) is 4.74 Å². The molecule has 1 aliphatic heterocycles. The third-order valence-corrected chi connectivity index (χ3v) is 3.91. The van der Waals surface area contributed by atoms with Crippen molar-refractivity contribution in [3.05, 3.63) is 28.0 Å². The highest BCUT2D eigenvalue weighted by molar-refractivity contribution is 9.10. The number of benzene rings is 1. The van der Waals surface area contributed by atoms with Gasteiger partial charge < -0.3 is 15.4 Å². The fraction of sp³-hybridized carbons (Fsp3) is 0.571. The number of morpholine rings is 1. The molecule has 2 unspecified atom stereocenters. The predicted octanol–water partition coefficient (Wildman–Crippen LogP) is 3.08. The number of anilines is 1. The molecule has 106 valence electrons. The fourth-order valence-electron chi connectivity index (χ4n) is 2.32. The summed E-state index contributed by atoms with van der Waals surface area (Å²) in [6.07, 6.45) is 0.955. The Morgan fingerprint density at radius 2 is 2.37 bits per heavy atom. The molecule has 0 radical (unpaired) electrons. The van der Waals surface area contributed by atoms with Crippen molar-refractivity contribution in [3.8, 4) is 0 Å². The molecule has 1 aliphatic rings. The van der Waals surface area contributed by atoms with Gasteiger partial charge in [0.25, 0.3) is 0 Å². The lowest BCUT2D eigenvalue weighted by Crippen LogP contribution is -2.43. The normalized spacial score (nSPS) is 21.2. The van der Waals surface area contributed by atoms with Crippen LogP contribution in [-0.4, -0.2) is 31.8 Å². The molecule has 0 spiro atoms. The molecule has 5 heteroatoms. The molecule has 1 aromatic rings. The molecule has 0 aromatic heterocycles. The Hall–Kier alpha value is -0.650.